The highest BCUT2D eigenvalue weighted by Gasteiger charge is 2.46. The van der Waals surface area contributed by atoms with E-state index in [-0.39, 0.29) is 5.91 Å². The number of rotatable bonds is 3. The molecule has 2 fully saturated rings. The third-order valence-corrected chi connectivity index (χ3v) is 5.52. The molecule has 1 heterocycles. The number of nitrogens with two attached hydrogens (primary N) is 1. The van der Waals surface area contributed by atoms with Crippen LogP contribution in [0.25, 0.3) is 0 Å². The molecule has 0 radical (unpaired) electrons. The molecule has 19 heavy (non-hydrogen) atoms. The molecule has 0 aromatic rings. The van der Waals surface area contributed by atoms with Crippen molar-refractivity contribution in [3.63, 3.8) is 0 Å². The van der Waals surface area contributed by atoms with Crippen molar-refractivity contribution in [3.8, 4) is 0 Å². The van der Waals surface area contributed by atoms with Gasteiger partial charge >= 0.3 is 5.97 Å². The summed E-state index contributed by atoms with van der Waals surface area (Å²) in [5.74, 6) is 0.648. The first-order valence-corrected chi connectivity index (χ1v) is 7.97. The molecule has 1 aliphatic carbocycles. The van der Waals surface area contributed by atoms with E-state index in [1.165, 1.54) is 16.7 Å². The number of thioether (sulfide) groups is 1. The molecule has 5 nitrogen and oxygen atoms in total. The van der Waals surface area contributed by atoms with E-state index in [4.69, 9.17) is 5.73 Å². The van der Waals surface area contributed by atoms with E-state index in [2.05, 4.69) is 6.92 Å². The first-order chi connectivity index (χ1) is 9.00. The highest BCUT2D eigenvalue weighted by Crippen LogP contribution is 2.41. The Labute approximate surface area is 117 Å². The Morgan fingerprint density at radius 2 is 2.05 bits per heavy atom. The predicted octanol–water partition coefficient (Wildman–Crippen LogP) is 1.13. The van der Waals surface area contributed by atoms with Gasteiger partial charge < -0.3 is 15.7 Å². The second-order valence-corrected chi connectivity index (χ2v) is 6.80. The normalized spacial score (nSPS) is 35.4. The monoisotopic (exact) mass is 286 g/mol. The first-order valence-electron chi connectivity index (χ1n) is 6.82. The summed E-state index contributed by atoms with van der Waals surface area (Å²) in [6.45, 7) is 2.52. The minimum absolute atomic E-state index is 0.0423. The zero-order chi connectivity index (χ0) is 14.0. The third kappa shape index (κ3) is 2.74. The van der Waals surface area contributed by atoms with E-state index in [0.29, 0.717) is 24.1 Å². The average Bonchev–Trinajstić information content (AvgIpc) is 2.88. The van der Waals surface area contributed by atoms with E-state index >= 15 is 0 Å². The van der Waals surface area contributed by atoms with Gasteiger partial charge in [0.15, 0.2) is 0 Å². The van der Waals surface area contributed by atoms with Gasteiger partial charge in [0, 0.05) is 12.3 Å². The summed E-state index contributed by atoms with van der Waals surface area (Å²) in [6.07, 6.45) is 3.58. The number of carbonyl (C=O) groups excluding carboxylic acids is 1. The van der Waals surface area contributed by atoms with E-state index < -0.39 is 17.4 Å². The number of amides is 1. The van der Waals surface area contributed by atoms with Crippen molar-refractivity contribution in [2.45, 2.75) is 38.6 Å². The molecule has 0 bridgehead atoms. The number of carboxylic acids is 1. The smallest absolute Gasteiger partial charge is 0.327 e. The summed E-state index contributed by atoms with van der Waals surface area (Å²) in [6, 6.07) is -0.680. The molecule has 1 amide bonds. The number of hydrogen-bond donors (Lipinski definition) is 2. The van der Waals surface area contributed by atoms with Crippen molar-refractivity contribution < 1.29 is 14.7 Å². The maximum atomic E-state index is 12.7. The number of carboxylic acid groups (broad SMARTS) is 1. The molecule has 3 N–H and O–H groups in total. The van der Waals surface area contributed by atoms with Crippen LogP contribution in [0.2, 0.25) is 0 Å². The Morgan fingerprint density at radius 3 is 2.58 bits per heavy atom. The molecular formula is C13H22N2O3S. The van der Waals surface area contributed by atoms with Gasteiger partial charge in [-0.05, 0) is 31.6 Å². The summed E-state index contributed by atoms with van der Waals surface area (Å²) in [5, 5.41) is 9.19. The van der Waals surface area contributed by atoms with Crippen LogP contribution in [0.4, 0.5) is 0 Å². The SMILES string of the molecule is CC1CCC(CN)(C(=O)N2CSC[C@H]2C(=O)O)CC1. The van der Waals surface area contributed by atoms with Crippen LogP contribution >= 0.6 is 11.8 Å². The number of hydrogen-bond acceptors (Lipinski definition) is 4. The molecule has 0 spiro atoms. The van der Waals surface area contributed by atoms with Gasteiger partial charge in [0.1, 0.15) is 6.04 Å². The lowest BCUT2D eigenvalue weighted by atomic mass is 9.70. The van der Waals surface area contributed by atoms with E-state index in [1.807, 2.05) is 0 Å². The maximum Gasteiger partial charge on any atom is 0.327 e. The van der Waals surface area contributed by atoms with Gasteiger partial charge in [-0.1, -0.05) is 6.92 Å². The van der Waals surface area contributed by atoms with Gasteiger partial charge in [-0.25, -0.2) is 4.79 Å². The lowest BCUT2D eigenvalue weighted by Crippen LogP contribution is -2.53. The fourth-order valence-corrected chi connectivity index (χ4v) is 4.12. The van der Waals surface area contributed by atoms with Crippen molar-refractivity contribution >= 4 is 23.6 Å². The van der Waals surface area contributed by atoms with Crippen molar-refractivity contribution in [1.29, 1.82) is 0 Å². The van der Waals surface area contributed by atoms with E-state index in [9.17, 15) is 14.7 Å². The van der Waals surface area contributed by atoms with Gasteiger partial charge in [-0.15, -0.1) is 11.8 Å². The largest absolute Gasteiger partial charge is 0.480 e. The summed E-state index contributed by atoms with van der Waals surface area (Å²) in [7, 11) is 0. The second kappa shape index (κ2) is 5.71. The summed E-state index contributed by atoms with van der Waals surface area (Å²) >= 11 is 1.50. The van der Waals surface area contributed by atoms with E-state index in [1.54, 1.807) is 0 Å². The van der Waals surface area contributed by atoms with Crippen molar-refractivity contribution in [1.82, 2.24) is 4.90 Å². The fourth-order valence-electron chi connectivity index (χ4n) is 2.97. The number of aliphatic carboxylic acids is 1. The Balaban J connectivity index is 2.14. The number of carbonyl (C=O) groups is 2. The topological polar surface area (TPSA) is 83.6 Å². The van der Waals surface area contributed by atoms with Crippen LogP contribution in [0, 0.1) is 11.3 Å². The quantitative estimate of drug-likeness (QED) is 0.812. The van der Waals surface area contributed by atoms with Gasteiger partial charge in [-0.2, -0.15) is 0 Å². The molecule has 0 aromatic heterocycles. The minimum Gasteiger partial charge on any atom is -0.480 e. The summed E-state index contributed by atoms with van der Waals surface area (Å²) < 4.78 is 0. The van der Waals surface area contributed by atoms with Gasteiger partial charge in [0.25, 0.3) is 0 Å². The fraction of sp³-hybridized carbons (Fsp3) is 0.846. The lowest BCUT2D eigenvalue weighted by Gasteiger charge is -2.40. The highest BCUT2D eigenvalue weighted by atomic mass is 32.2. The average molecular weight is 286 g/mol. The predicted molar refractivity (Wildman–Crippen MR) is 74.7 cm³/mol. The minimum atomic E-state index is -0.908. The molecule has 1 saturated heterocycles. The van der Waals surface area contributed by atoms with Crippen LogP contribution in [0.5, 0.6) is 0 Å². The zero-order valence-electron chi connectivity index (χ0n) is 11.3. The van der Waals surface area contributed by atoms with E-state index in [0.717, 1.165) is 25.7 Å². The molecule has 0 unspecified atom stereocenters. The standard InChI is InChI=1S/C13H22N2O3S/c1-9-2-4-13(7-14,5-3-9)12(18)15-8-19-6-10(15)11(16)17/h9-10H,2-8,14H2,1H3,(H,16,17)/t9?,10-,13?/m0/s1. The Bertz CT molecular complexity index is 367. The summed E-state index contributed by atoms with van der Waals surface area (Å²) in [4.78, 5) is 25.5. The molecule has 108 valence electrons. The van der Waals surface area contributed by atoms with Crippen LogP contribution in [0.15, 0.2) is 0 Å². The second-order valence-electron chi connectivity index (χ2n) is 5.80. The molecule has 2 aliphatic rings. The van der Waals surface area contributed by atoms with Crippen molar-refractivity contribution in [3.05, 3.63) is 0 Å². The maximum absolute atomic E-state index is 12.7. The molecule has 2 rings (SSSR count). The Hall–Kier alpha value is -0.750. The van der Waals surface area contributed by atoms with Crippen LogP contribution in [-0.4, -0.2) is 46.1 Å². The third-order valence-electron chi connectivity index (χ3n) is 4.50. The molecule has 6 heteroatoms. The highest BCUT2D eigenvalue weighted by molar-refractivity contribution is 7.99. The molecule has 1 aliphatic heterocycles. The molecule has 1 atom stereocenters. The lowest BCUT2D eigenvalue weighted by molar-refractivity contribution is -0.153. The van der Waals surface area contributed by atoms with Crippen LogP contribution in [-0.2, 0) is 9.59 Å². The molecule has 1 saturated carbocycles. The van der Waals surface area contributed by atoms with Crippen LogP contribution < -0.4 is 5.73 Å². The van der Waals surface area contributed by atoms with Gasteiger partial charge in [0.05, 0.1) is 11.3 Å². The van der Waals surface area contributed by atoms with Crippen LogP contribution in [0.3, 0.4) is 0 Å². The number of nitrogens with zero attached hydrogens (tertiary/aromatic N) is 1. The zero-order valence-corrected chi connectivity index (χ0v) is 12.1. The van der Waals surface area contributed by atoms with Gasteiger partial charge in [0.2, 0.25) is 5.91 Å². The Morgan fingerprint density at radius 1 is 1.42 bits per heavy atom. The first kappa shape index (κ1) is 14.7. The van der Waals surface area contributed by atoms with Gasteiger partial charge in [-0.3, -0.25) is 4.79 Å². The van der Waals surface area contributed by atoms with Crippen molar-refractivity contribution in [2.24, 2.45) is 17.1 Å². The molecule has 0 aromatic carbocycles. The van der Waals surface area contributed by atoms with Crippen molar-refractivity contribution in [2.75, 3.05) is 18.2 Å². The summed E-state index contributed by atoms with van der Waals surface area (Å²) in [5.41, 5.74) is 5.35. The Kier molecular flexibility index (Phi) is 4.40. The molecular weight excluding hydrogens is 264 g/mol. The van der Waals surface area contributed by atoms with Crippen LogP contribution in [0.1, 0.15) is 32.6 Å².